The van der Waals surface area contributed by atoms with Gasteiger partial charge in [0.15, 0.2) is 0 Å². The average Bonchev–Trinajstić information content (AvgIpc) is 2.75. The lowest BCUT2D eigenvalue weighted by atomic mass is 10.1. The Morgan fingerprint density at radius 3 is 1.60 bits per heavy atom. The van der Waals surface area contributed by atoms with E-state index in [2.05, 4.69) is 93.3 Å². The molecule has 0 fully saturated rings. The number of benzene rings is 3. The van der Waals surface area contributed by atoms with Crippen LogP contribution in [0.3, 0.4) is 0 Å². The van der Waals surface area contributed by atoms with Crippen molar-refractivity contribution in [3.63, 3.8) is 0 Å². The Kier molecular flexibility index (Phi) is 7.58. The van der Waals surface area contributed by atoms with Crippen molar-refractivity contribution in [2.45, 2.75) is 52.7 Å². The van der Waals surface area contributed by atoms with Crippen LogP contribution in [0.4, 0.5) is 17.1 Å². The Balaban J connectivity index is 2.03. The molecule has 3 aromatic carbocycles. The maximum Gasteiger partial charge on any atom is 0.121 e. The molecule has 0 aromatic heterocycles. The van der Waals surface area contributed by atoms with E-state index in [1.807, 2.05) is 12.1 Å². The fourth-order valence-corrected chi connectivity index (χ4v) is 3.50. The van der Waals surface area contributed by atoms with E-state index >= 15 is 0 Å². The molecule has 2 atom stereocenters. The summed E-state index contributed by atoms with van der Waals surface area (Å²) < 4.78 is 12.2. The van der Waals surface area contributed by atoms with E-state index in [9.17, 15) is 0 Å². The van der Waals surface area contributed by atoms with Crippen molar-refractivity contribution in [1.82, 2.24) is 0 Å². The molecular formula is C26H33NO2Si. The van der Waals surface area contributed by atoms with E-state index in [1.165, 1.54) is 5.19 Å². The first-order valence-corrected chi connectivity index (χ1v) is 11.9. The number of rotatable bonds is 9. The zero-order valence-electron chi connectivity index (χ0n) is 18.8. The van der Waals surface area contributed by atoms with Crippen molar-refractivity contribution in [3.8, 4) is 11.5 Å². The topological polar surface area (TPSA) is 21.7 Å². The number of hydrogen-bond donors (Lipinski definition) is 0. The highest BCUT2D eigenvalue weighted by atomic mass is 28.1. The number of hydrogen-bond acceptors (Lipinski definition) is 3. The molecule has 0 aliphatic rings. The van der Waals surface area contributed by atoms with Gasteiger partial charge >= 0.3 is 0 Å². The van der Waals surface area contributed by atoms with Crippen LogP contribution in [0, 0.1) is 0 Å². The summed E-state index contributed by atoms with van der Waals surface area (Å²) in [6.45, 7) is 8.48. The second-order valence-corrected chi connectivity index (χ2v) is 8.99. The first kappa shape index (κ1) is 22.0. The Morgan fingerprint density at radius 1 is 0.700 bits per heavy atom. The highest BCUT2D eigenvalue weighted by molar-refractivity contribution is 6.32. The lowest BCUT2D eigenvalue weighted by Crippen LogP contribution is -2.14. The molecule has 0 heterocycles. The first-order chi connectivity index (χ1) is 14.5. The van der Waals surface area contributed by atoms with Gasteiger partial charge in [0.1, 0.15) is 11.5 Å². The van der Waals surface area contributed by atoms with Crippen molar-refractivity contribution >= 4 is 32.5 Å². The molecule has 0 N–H and O–H groups in total. The minimum atomic E-state index is 0.185. The van der Waals surface area contributed by atoms with Gasteiger partial charge in [-0.3, -0.25) is 0 Å². The molecule has 0 saturated heterocycles. The molecule has 3 nitrogen and oxygen atoms in total. The predicted molar refractivity (Wildman–Crippen MR) is 131 cm³/mol. The first-order valence-electron chi connectivity index (χ1n) is 10.9. The highest BCUT2D eigenvalue weighted by Crippen LogP contribution is 2.37. The average molecular weight is 420 g/mol. The standard InChI is InChI=1S/C26H33NO2Si/c1-5-19(3)28-24-11-7-9-22(17-24)27(21-13-15-26(30)16-14-21)23-10-8-12-25(18-23)29-20(4)6-2/h7-20H,5-6H2,1-4,30H3. The lowest BCUT2D eigenvalue weighted by Gasteiger charge is -2.27. The summed E-state index contributed by atoms with van der Waals surface area (Å²) in [5, 5.41) is 1.38. The smallest absolute Gasteiger partial charge is 0.121 e. The van der Waals surface area contributed by atoms with Gasteiger partial charge in [-0.1, -0.05) is 43.3 Å². The number of ether oxygens (including phenoxy) is 2. The van der Waals surface area contributed by atoms with Crippen molar-refractivity contribution in [2.75, 3.05) is 4.90 Å². The van der Waals surface area contributed by atoms with Crippen LogP contribution in [-0.2, 0) is 0 Å². The lowest BCUT2D eigenvalue weighted by molar-refractivity contribution is 0.217. The fraction of sp³-hybridized carbons (Fsp3) is 0.308. The summed E-state index contributed by atoms with van der Waals surface area (Å²) in [5.41, 5.74) is 3.26. The fourth-order valence-electron chi connectivity index (χ4n) is 3.16. The van der Waals surface area contributed by atoms with Gasteiger partial charge in [0.05, 0.1) is 12.2 Å². The van der Waals surface area contributed by atoms with Crippen LogP contribution in [0.2, 0.25) is 0 Å². The van der Waals surface area contributed by atoms with E-state index in [-0.39, 0.29) is 12.2 Å². The van der Waals surface area contributed by atoms with Crippen LogP contribution >= 0.6 is 0 Å². The molecule has 3 aromatic rings. The molecule has 30 heavy (non-hydrogen) atoms. The zero-order chi connectivity index (χ0) is 21.5. The van der Waals surface area contributed by atoms with Gasteiger partial charge in [-0.05, 0) is 63.1 Å². The summed E-state index contributed by atoms with van der Waals surface area (Å²) in [7, 11) is 1.04. The number of anilines is 3. The molecular weight excluding hydrogens is 386 g/mol. The second kappa shape index (κ2) is 10.3. The Labute approximate surface area is 184 Å². The maximum absolute atomic E-state index is 6.09. The Bertz CT molecular complexity index is 886. The highest BCUT2D eigenvalue weighted by Gasteiger charge is 2.15. The minimum Gasteiger partial charge on any atom is -0.491 e. The van der Waals surface area contributed by atoms with E-state index in [1.54, 1.807) is 0 Å². The molecule has 0 aliphatic heterocycles. The SMILES string of the molecule is CCC(C)Oc1cccc(N(c2ccc([SiH3])cc2)c2cccc(OC(C)CC)c2)c1. The van der Waals surface area contributed by atoms with Crippen molar-refractivity contribution < 1.29 is 9.47 Å². The van der Waals surface area contributed by atoms with Gasteiger partial charge < -0.3 is 14.4 Å². The summed E-state index contributed by atoms with van der Waals surface area (Å²) in [4.78, 5) is 2.26. The van der Waals surface area contributed by atoms with E-state index in [4.69, 9.17) is 9.47 Å². The minimum absolute atomic E-state index is 0.185. The van der Waals surface area contributed by atoms with Crippen molar-refractivity contribution in [2.24, 2.45) is 0 Å². The normalized spacial score (nSPS) is 12.9. The summed E-state index contributed by atoms with van der Waals surface area (Å²) in [6, 6.07) is 25.4. The van der Waals surface area contributed by atoms with Crippen molar-refractivity contribution in [1.29, 1.82) is 0 Å². The van der Waals surface area contributed by atoms with Gasteiger partial charge in [-0.2, -0.15) is 0 Å². The van der Waals surface area contributed by atoms with Gasteiger partial charge in [0.2, 0.25) is 0 Å². The van der Waals surface area contributed by atoms with Gasteiger partial charge in [-0.25, -0.2) is 0 Å². The summed E-state index contributed by atoms with van der Waals surface area (Å²) >= 11 is 0. The molecule has 0 bridgehead atoms. The third-order valence-electron chi connectivity index (χ3n) is 5.27. The van der Waals surface area contributed by atoms with Crippen LogP contribution in [0.5, 0.6) is 11.5 Å². The molecule has 0 amide bonds. The molecule has 0 saturated carbocycles. The van der Waals surface area contributed by atoms with Crippen LogP contribution in [0.25, 0.3) is 0 Å². The molecule has 2 unspecified atom stereocenters. The number of nitrogens with zero attached hydrogens (tertiary/aromatic N) is 1. The molecule has 3 rings (SSSR count). The Hall–Kier alpha value is -2.72. The summed E-state index contributed by atoms with van der Waals surface area (Å²) in [5.74, 6) is 1.77. The summed E-state index contributed by atoms with van der Waals surface area (Å²) in [6.07, 6.45) is 2.32. The van der Waals surface area contributed by atoms with Crippen LogP contribution in [0.15, 0.2) is 72.8 Å². The van der Waals surface area contributed by atoms with E-state index in [0.717, 1.165) is 51.6 Å². The monoisotopic (exact) mass is 419 g/mol. The molecule has 4 heteroatoms. The van der Waals surface area contributed by atoms with Crippen LogP contribution < -0.4 is 19.6 Å². The quantitative estimate of drug-likeness (QED) is 0.427. The van der Waals surface area contributed by atoms with Crippen LogP contribution in [-0.4, -0.2) is 22.5 Å². The largest absolute Gasteiger partial charge is 0.491 e. The molecule has 158 valence electrons. The molecule has 0 spiro atoms. The Morgan fingerprint density at radius 2 is 1.17 bits per heavy atom. The van der Waals surface area contributed by atoms with E-state index < -0.39 is 0 Å². The predicted octanol–water partition coefficient (Wildman–Crippen LogP) is 5.50. The molecule has 0 aliphatic carbocycles. The molecule has 0 radical (unpaired) electrons. The third-order valence-corrected chi connectivity index (χ3v) is 5.93. The van der Waals surface area contributed by atoms with Gasteiger partial charge in [0.25, 0.3) is 0 Å². The van der Waals surface area contributed by atoms with E-state index in [0.29, 0.717) is 0 Å². The zero-order valence-corrected chi connectivity index (χ0v) is 20.8. The van der Waals surface area contributed by atoms with Gasteiger partial charge in [-0.15, -0.1) is 0 Å². The maximum atomic E-state index is 6.09. The van der Waals surface area contributed by atoms with Gasteiger partial charge in [0, 0.05) is 39.4 Å². The van der Waals surface area contributed by atoms with Crippen molar-refractivity contribution in [3.05, 3.63) is 72.8 Å². The van der Waals surface area contributed by atoms with Crippen LogP contribution in [0.1, 0.15) is 40.5 Å². The third kappa shape index (κ3) is 5.67. The second-order valence-electron chi connectivity index (χ2n) is 7.84.